The Hall–Kier alpha value is -1.91. The zero-order chi connectivity index (χ0) is 24.2. The Balaban J connectivity index is 2.74. The van der Waals surface area contributed by atoms with Crippen LogP contribution in [0.1, 0.15) is 70.8 Å². The lowest BCUT2D eigenvalue weighted by atomic mass is 10.1. The van der Waals surface area contributed by atoms with Crippen LogP contribution in [0.15, 0.2) is 36.4 Å². The normalized spacial score (nSPS) is 12.4. The van der Waals surface area contributed by atoms with E-state index in [9.17, 15) is 0 Å². The van der Waals surface area contributed by atoms with E-state index in [1.54, 1.807) is 15.9 Å². The van der Waals surface area contributed by atoms with Crippen LogP contribution in [0.3, 0.4) is 0 Å². The molecule has 0 atom stereocenters. The van der Waals surface area contributed by atoms with Crippen LogP contribution in [0, 0.1) is 62.3 Å². The molecule has 0 heterocycles. The van der Waals surface area contributed by atoms with Gasteiger partial charge in [0.1, 0.15) is 23.2 Å². The van der Waals surface area contributed by atoms with Crippen LogP contribution in [0.2, 0.25) is 0 Å². The number of hydrogen-bond acceptors (Lipinski definition) is 0. The lowest BCUT2D eigenvalue weighted by Gasteiger charge is -2.43. The monoisotopic (exact) mass is 445 g/mol. The van der Waals surface area contributed by atoms with E-state index < -0.39 is 7.26 Å². The van der Waals surface area contributed by atoms with Crippen molar-refractivity contribution in [1.29, 1.82) is 0 Å². The minimum absolute atomic E-state index is 0.0628. The van der Waals surface area contributed by atoms with Crippen molar-refractivity contribution >= 4 is 23.2 Å². The predicted octanol–water partition coefficient (Wildman–Crippen LogP) is 7.55. The van der Waals surface area contributed by atoms with E-state index in [-0.39, 0.29) is 5.16 Å². The summed E-state index contributed by atoms with van der Waals surface area (Å²) in [7, 11) is -2.02. The molecule has 0 aliphatic carbocycles. The standard InChI is InChI=1S/C31H42P/c1-19-13-22(4)28(23(5)14-19)32(31(10,11)12,29-24(6)15-20(2)16-25(29)7)30-26(8)17-21(3)18-27(30)9/h13-18H,1-12H3/q+1. The van der Waals surface area contributed by atoms with Gasteiger partial charge in [0.2, 0.25) is 0 Å². The Morgan fingerprint density at radius 3 is 0.750 bits per heavy atom. The third kappa shape index (κ3) is 3.86. The van der Waals surface area contributed by atoms with Gasteiger partial charge in [0.15, 0.2) is 0 Å². The van der Waals surface area contributed by atoms with Gasteiger partial charge in [0.25, 0.3) is 0 Å². The van der Waals surface area contributed by atoms with E-state index >= 15 is 0 Å². The predicted molar refractivity (Wildman–Crippen MR) is 148 cm³/mol. The first-order chi connectivity index (χ1) is 14.7. The highest BCUT2D eigenvalue weighted by atomic mass is 31.2. The molecule has 1 heteroatoms. The zero-order valence-corrected chi connectivity index (χ0v) is 23.3. The summed E-state index contributed by atoms with van der Waals surface area (Å²) < 4.78 is 0. The van der Waals surface area contributed by atoms with Gasteiger partial charge < -0.3 is 0 Å². The molecule has 3 aromatic rings. The molecule has 0 unspecified atom stereocenters. The van der Waals surface area contributed by atoms with E-state index in [0.29, 0.717) is 0 Å². The van der Waals surface area contributed by atoms with Gasteiger partial charge in [0.05, 0.1) is 5.16 Å². The zero-order valence-electron chi connectivity index (χ0n) is 22.4. The van der Waals surface area contributed by atoms with Crippen molar-refractivity contribution in [2.24, 2.45) is 0 Å². The number of hydrogen-bond donors (Lipinski definition) is 0. The summed E-state index contributed by atoms with van der Waals surface area (Å²) in [6, 6.07) is 14.4. The van der Waals surface area contributed by atoms with Crippen molar-refractivity contribution in [2.75, 3.05) is 0 Å². The van der Waals surface area contributed by atoms with E-state index in [1.165, 1.54) is 50.1 Å². The molecule has 170 valence electrons. The molecule has 0 spiro atoms. The second-order valence-electron chi connectivity index (χ2n) is 11.1. The number of benzene rings is 3. The molecule has 0 fully saturated rings. The second-order valence-corrected chi connectivity index (χ2v) is 15.1. The van der Waals surface area contributed by atoms with Crippen molar-refractivity contribution in [3.05, 3.63) is 86.5 Å². The Labute approximate surface area is 197 Å². The van der Waals surface area contributed by atoms with Crippen LogP contribution in [0.4, 0.5) is 0 Å². The maximum Gasteiger partial charge on any atom is 0.118 e. The van der Waals surface area contributed by atoms with Crippen LogP contribution >= 0.6 is 7.26 Å². The molecule has 32 heavy (non-hydrogen) atoms. The van der Waals surface area contributed by atoms with Gasteiger partial charge in [-0.15, -0.1) is 0 Å². The smallest absolute Gasteiger partial charge is 0.0524 e. The van der Waals surface area contributed by atoms with Crippen molar-refractivity contribution in [3.63, 3.8) is 0 Å². The van der Waals surface area contributed by atoms with Gasteiger partial charge in [-0.3, -0.25) is 0 Å². The molecule has 3 aromatic carbocycles. The van der Waals surface area contributed by atoms with E-state index in [0.717, 1.165) is 0 Å². The van der Waals surface area contributed by atoms with Crippen molar-refractivity contribution in [3.8, 4) is 0 Å². The van der Waals surface area contributed by atoms with E-state index in [4.69, 9.17) is 0 Å². The summed E-state index contributed by atoms with van der Waals surface area (Å²) in [5, 5.41) is 4.81. The van der Waals surface area contributed by atoms with Gasteiger partial charge in [-0.25, -0.2) is 0 Å². The van der Waals surface area contributed by atoms with Crippen LogP contribution in [0.25, 0.3) is 0 Å². The fraction of sp³-hybridized carbons (Fsp3) is 0.419. The Kier molecular flexibility index (Phi) is 6.54. The van der Waals surface area contributed by atoms with Gasteiger partial charge in [0, 0.05) is 0 Å². The summed E-state index contributed by atoms with van der Waals surface area (Å²) in [5.41, 5.74) is 12.7. The third-order valence-corrected chi connectivity index (χ3v) is 13.1. The van der Waals surface area contributed by atoms with Crippen LogP contribution in [0.5, 0.6) is 0 Å². The second kappa shape index (κ2) is 8.46. The maximum absolute atomic E-state index is 2.48. The topological polar surface area (TPSA) is 0 Å². The largest absolute Gasteiger partial charge is 0.118 e. The average molecular weight is 446 g/mol. The highest BCUT2D eigenvalue weighted by Crippen LogP contribution is 2.68. The molecular weight excluding hydrogens is 403 g/mol. The van der Waals surface area contributed by atoms with Gasteiger partial charge in [-0.1, -0.05) is 53.1 Å². The minimum Gasteiger partial charge on any atom is -0.0524 e. The van der Waals surface area contributed by atoms with Crippen molar-refractivity contribution in [2.45, 2.75) is 88.2 Å². The molecule has 0 aromatic heterocycles. The fourth-order valence-corrected chi connectivity index (χ4v) is 12.7. The first-order valence-corrected chi connectivity index (χ1v) is 13.6. The van der Waals surface area contributed by atoms with Crippen LogP contribution < -0.4 is 15.9 Å². The quantitative estimate of drug-likeness (QED) is 0.365. The molecular formula is C31H42P+. The summed E-state index contributed by atoms with van der Waals surface area (Å²) in [4.78, 5) is 0. The molecule has 3 rings (SSSR count). The minimum atomic E-state index is -2.02. The number of aryl methyl sites for hydroxylation is 9. The van der Waals surface area contributed by atoms with Crippen LogP contribution in [-0.2, 0) is 0 Å². The molecule has 0 aliphatic heterocycles. The molecule has 0 bridgehead atoms. The van der Waals surface area contributed by atoms with Crippen LogP contribution in [-0.4, -0.2) is 5.16 Å². The Morgan fingerprint density at radius 1 is 0.406 bits per heavy atom. The number of rotatable bonds is 3. The van der Waals surface area contributed by atoms with E-state index in [2.05, 4.69) is 119 Å². The lowest BCUT2D eigenvalue weighted by Crippen LogP contribution is -2.47. The Morgan fingerprint density at radius 2 is 0.594 bits per heavy atom. The summed E-state index contributed by atoms with van der Waals surface area (Å²) in [6.45, 7) is 28.2. The van der Waals surface area contributed by atoms with Crippen molar-refractivity contribution < 1.29 is 0 Å². The summed E-state index contributed by atoms with van der Waals surface area (Å²) in [5.74, 6) is 0. The maximum atomic E-state index is 2.48. The molecule has 0 amide bonds. The SMILES string of the molecule is Cc1cc(C)c([P+](c2c(C)cc(C)cc2C)(c2c(C)cc(C)cc2C)C(C)(C)C)c(C)c1. The summed E-state index contributed by atoms with van der Waals surface area (Å²) in [6.07, 6.45) is 0. The first-order valence-electron chi connectivity index (χ1n) is 11.9. The van der Waals surface area contributed by atoms with E-state index in [1.807, 2.05) is 0 Å². The highest BCUT2D eigenvalue weighted by Gasteiger charge is 2.59. The average Bonchev–Trinajstić information content (AvgIpc) is 2.57. The fourth-order valence-electron chi connectivity index (χ4n) is 6.45. The van der Waals surface area contributed by atoms with Crippen molar-refractivity contribution in [1.82, 2.24) is 0 Å². The lowest BCUT2D eigenvalue weighted by molar-refractivity contribution is 0.785. The molecule has 0 aliphatic rings. The van der Waals surface area contributed by atoms with Gasteiger partial charge in [-0.05, 0) is 116 Å². The summed E-state index contributed by atoms with van der Waals surface area (Å²) >= 11 is 0. The Bertz CT molecular complexity index is 979. The highest BCUT2D eigenvalue weighted by molar-refractivity contribution is 7.97. The van der Waals surface area contributed by atoms with Gasteiger partial charge in [-0.2, -0.15) is 0 Å². The molecule has 0 saturated carbocycles. The molecule has 0 radical (unpaired) electrons. The molecule has 0 saturated heterocycles. The van der Waals surface area contributed by atoms with Gasteiger partial charge >= 0.3 is 0 Å². The third-order valence-electron chi connectivity index (χ3n) is 6.92. The molecule has 0 nitrogen and oxygen atoms in total. The molecule has 0 N–H and O–H groups in total. The first kappa shape index (κ1) is 24.7.